The highest BCUT2D eigenvalue weighted by atomic mass is 19.1. The summed E-state index contributed by atoms with van der Waals surface area (Å²) in [7, 11) is 0. The van der Waals surface area contributed by atoms with Gasteiger partial charge in [0.05, 0.1) is 0 Å². The van der Waals surface area contributed by atoms with Gasteiger partial charge in [-0.1, -0.05) is 6.92 Å². The first-order chi connectivity index (χ1) is 9.19. The normalized spacial score (nSPS) is 19.3. The topological polar surface area (TPSA) is 38.5 Å². The molecule has 4 heteroatoms. The summed E-state index contributed by atoms with van der Waals surface area (Å²) in [5, 5.41) is 0. The lowest BCUT2D eigenvalue weighted by Crippen LogP contribution is -2.43. The molecule has 0 radical (unpaired) electrons. The molecule has 3 nitrogen and oxygen atoms in total. The molecule has 1 atom stereocenters. The number of likely N-dealkylation sites (tertiary alicyclic amines) is 1. The molecule has 1 aliphatic heterocycles. The van der Waals surface area contributed by atoms with Gasteiger partial charge in [-0.15, -0.1) is 0 Å². The Labute approximate surface area is 114 Å². The third-order valence-electron chi connectivity index (χ3n) is 3.94. The Balaban J connectivity index is 1.75. The van der Waals surface area contributed by atoms with E-state index in [-0.39, 0.29) is 11.9 Å². The van der Waals surface area contributed by atoms with Gasteiger partial charge in [0.1, 0.15) is 18.2 Å². The zero-order valence-electron chi connectivity index (χ0n) is 11.5. The average Bonchev–Trinajstić information content (AvgIpc) is 2.46. The molecule has 0 spiro atoms. The standard InChI is InChI=1S/C15H23FN2O/c1-2-18-9-7-12(8-10-18)15(17)11-19-14-5-3-13(16)4-6-14/h3-6,12,15H,2,7-11,17H2,1H3. The highest BCUT2D eigenvalue weighted by Crippen LogP contribution is 2.20. The van der Waals surface area contributed by atoms with Gasteiger partial charge in [0.15, 0.2) is 0 Å². The smallest absolute Gasteiger partial charge is 0.123 e. The van der Waals surface area contributed by atoms with Crippen molar-refractivity contribution in [3.05, 3.63) is 30.1 Å². The van der Waals surface area contributed by atoms with Crippen molar-refractivity contribution >= 4 is 0 Å². The first-order valence-electron chi connectivity index (χ1n) is 7.05. The molecule has 0 saturated carbocycles. The largest absolute Gasteiger partial charge is 0.492 e. The van der Waals surface area contributed by atoms with E-state index in [1.165, 1.54) is 12.1 Å². The van der Waals surface area contributed by atoms with Gasteiger partial charge in [-0.2, -0.15) is 0 Å². The van der Waals surface area contributed by atoms with E-state index < -0.39 is 0 Å². The molecule has 19 heavy (non-hydrogen) atoms. The van der Waals surface area contributed by atoms with Gasteiger partial charge < -0.3 is 15.4 Å². The summed E-state index contributed by atoms with van der Waals surface area (Å²) in [5.74, 6) is 0.967. The lowest BCUT2D eigenvalue weighted by molar-refractivity contribution is 0.152. The van der Waals surface area contributed by atoms with E-state index in [2.05, 4.69) is 11.8 Å². The van der Waals surface area contributed by atoms with Crippen molar-refractivity contribution in [2.45, 2.75) is 25.8 Å². The highest BCUT2D eigenvalue weighted by molar-refractivity contribution is 5.22. The molecule has 1 fully saturated rings. The Morgan fingerprint density at radius 3 is 2.53 bits per heavy atom. The Morgan fingerprint density at radius 2 is 1.95 bits per heavy atom. The fourth-order valence-electron chi connectivity index (χ4n) is 2.56. The van der Waals surface area contributed by atoms with Crippen molar-refractivity contribution in [1.82, 2.24) is 4.90 Å². The van der Waals surface area contributed by atoms with E-state index in [0.29, 0.717) is 18.3 Å². The molecule has 1 aromatic rings. The van der Waals surface area contributed by atoms with Crippen molar-refractivity contribution in [1.29, 1.82) is 0 Å². The minimum atomic E-state index is -0.247. The number of halogens is 1. The SMILES string of the molecule is CCN1CCC(C(N)COc2ccc(F)cc2)CC1. The van der Waals surface area contributed by atoms with Crippen LogP contribution in [0.3, 0.4) is 0 Å². The second-order valence-corrected chi connectivity index (χ2v) is 5.20. The molecule has 0 bridgehead atoms. The first kappa shape index (κ1) is 14.3. The summed E-state index contributed by atoms with van der Waals surface area (Å²) in [6, 6.07) is 6.15. The summed E-state index contributed by atoms with van der Waals surface area (Å²) in [6.45, 7) is 6.07. The van der Waals surface area contributed by atoms with Crippen LogP contribution in [0.15, 0.2) is 24.3 Å². The first-order valence-corrected chi connectivity index (χ1v) is 7.05. The zero-order valence-corrected chi connectivity index (χ0v) is 11.5. The molecule has 0 aliphatic carbocycles. The summed E-state index contributed by atoms with van der Waals surface area (Å²) in [6.07, 6.45) is 2.28. The van der Waals surface area contributed by atoms with Gasteiger partial charge in [0.2, 0.25) is 0 Å². The number of benzene rings is 1. The van der Waals surface area contributed by atoms with Crippen molar-refractivity contribution < 1.29 is 9.13 Å². The van der Waals surface area contributed by atoms with Crippen LogP contribution < -0.4 is 10.5 Å². The second-order valence-electron chi connectivity index (χ2n) is 5.20. The fourth-order valence-corrected chi connectivity index (χ4v) is 2.56. The molecule has 1 aliphatic rings. The molecule has 1 heterocycles. The van der Waals surface area contributed by atoms with Gasteiger partial charge >= 0.3 is 0 Å². The molecule has 0 aromatic heterocycles. The molecule has 106 valence electrons. The summed E-state index contributed by atoms with van der Waals surface area (Å²) in [5.41, 5.74) is 6.20. The second kappa shape index (κ2) is 6.87. The number of ether oxygens (including phenoxy) is 1. The van der Waals surface area contributed by atoms with Crippen LogP contribution in [0.5, 0.6) is 5.75 Å². The van der Waals surface area contributed by atoms with E-state index in [9.17, 15) is 4.39 Å². The predicted molar refractivity (Wildman–Crippen MR) is 74.7 cm³/mol. The molecule has 0 amide bonds. The van der Waals surface area contributed by atoms with Gasteiger partial charge in [0.25, 0.3) is 0 Å². The summed E-state index contributed by atoms with van der Waals surface area (Å²) < 4.78 is 18.4. The lowest BCUT2D eigenvalue weighted by atomic mass is 9.90. The quantitative estimate of drug-likeness (QED) is 0.888. The number of hydrogen-bond donors (Lipinski definition) is 1. The Morgan fingerprint density at radius 1 is 1.32 bits per heavy atom. The minimum absolute atomic E-state index is 0.0593. The van der Waals surface area contributed by atoms with Crippen LogP contribution in [0.4, 0.5) is 4.39 Å². The summed E-state index contributed by atoms with van der Waals surface area (Å²) >= 11 is 0. The van der Waals surface area contributed by atoms with Gasteiger partial charge in [-0.05, 0) is 62.7 Å². The van der Waals surface area contributed by atoms with Crippen LogP contribution in [0.1, 0.15) is 19.8 Å². The monoisotopic (exact) mass is 266 g/mol. The molecule has 1 unspecified atom stereocenters. The minimum Gasteiger partial charge on any atom is -0.492 e. The van der Waals surface area contributed by atoms with Crippen LogP contribution >= 0.6 is 0 Å². The Bertz CT molecular complexity index is 374. The van der Waals surface area contributed by atoms with E-state index in [1.807, 2.05) is 0 Å². The van der Waals surface area contributed by atoms with E-state index >= 15 is 0 Å². The van der Waals surface area contributed by atoms with Crippen molar-refractivity contribution in [2.24, 2.45) is 11.7 Å². The average molecular weight is 266 g/mol. The number of rotatable bonds is 5. The van der Waals surface area contributed by atoms with Gasteiger partial charge in [0, 0.05) is 6.04 Å². The maximum Gasteiger partial charge on any atom is 0.123 e. The molecule has 2 N–H and O–H groups in total. The third kappa shape index (κ3) is 4.18. The number of nitrogens with two attached hydrogens (primary N) is 1. The number of piperidine rings is 1. The Hall–Kier alpha value is -1.13. The lowest BCUT2D eigenvalue weighted by Gasteiger charge is -2.33. The molecule has 1 aromatic carbocycles. The van der Waals surface area contributed by atoms with Crippen LogP contribution in [0.2, 0.25) is 0 Å². The van der Waals surface area contributed by atoms with Crippen molar-refractivity contribution in [3.63, 3.8) is 0 Å². The summed E-state index contributed by atoms with van der Waals surface area (Å²) in [4.78, 5) is 2.45. The van der Waals surface area contributed by atoms with Crippen molar-refractivity contribution in [2.75, 3.05) is 26.2 Å². The van der Waals surface area contributed by atoms with Crippen LogP contribution in [-0.4, -0.2) is 37.2 Å². The van der Waals surface area contributed by atoms with Gasteiger partial charge in [-0.25, -0.2) is 4.39 Å². The number of nitrogens with zero attached hydrogens (tertiary/aromatic N) is 1. The van der Waals surface area contributed by atoms with Crippen LogP contribution in [0, 0.1) is 11.7 Å². The molecular weight excluding hydrogens is 243 g/mol. The third-order valence-corrected chi connectivity index (χ3v) is 3.94. The number of hydrogen-bond acceptors (Lipinski definition) is 3. The maximum absolute atomic E-state index is 12.8. The van der Waals surface area contributed by atoms with Gasteiger partial charge in [-0.3, -0.25) is 0 Å². The van der Waals surface area contributed by atoms with E-state index in [1.54, 1.807) is 12.1 Å². The fraction of sp³-hybridized carbons (Fsp3) is 0.600. The molecule has 2 rings (SSSR count). The zero-order chi connectivity index (χ0) is 13.7. The van der Waals surface area contributed by atoms with E-state index in [0.717, 1.165) is 32.5 Å². The predicted octanol–water partition coefficient (Wildman–Crippen LogP) is 2.26. The molecule has 1 saturated heterocycles. The van der Waals surface area contributed by atoms with Crippen molar-refractivity contribution in [3.8, 4) is 5.75 Å². The van der Waals surface area contributed by atoms with Crippen LogP contribution in [-0.2, 0) is 0 Å². The van der Waals surface area contributed by atoms with E-state index in [4.69, 9.17) is 10.5 Å². The molecular formula is C15H23FN2O. The highest BCUT2D eigenvalue weighted by Gasteiger charge is 2.23. The Kier molecular flexibility index (Phi) is 5.16. The van der Waals surface area contributed by atoms with Crippen LogP contribution in [0.25, 0.3) is 0 Å². The maximum atomic E-state index is 12.8.